The molecule has 0 bridgehead atoms. The number of nitrogens with one attached hydrogen (secondary N) is 2. The van der Waals surface area contributed by atoms with Crippen molar-refractivity contribution < 1.29 is 4.74 Å². The standard InChI is InChI=1S/C13H18N4OS/c1-14-7-8-15-13-16-12(17-19-13)9-10-5-3-4-6-11(10)18-2/h3-6,14H,7-9H2,1-2H3,(H,15,16,17). The summed E-state index contributed by atoms with van der Waals surface area (Å²) in [5.41, 5.74) is 1.10. The molecule has 1 aromatic carbocycles. The van der Waals surface area contributed by atoms with Gasteiger partial charge in [0.25, 0.3) is 0 Å². The van der Waals surface area contributed by atoms with E-state index in [1.807, 2.05) is 31.3 Å². The summed E-state index contributed by atoms with van der Waals surface area (Å²) in [6, 6.07) is 7.94. The fourth-order valence-corrected chi connectivity index (χ4v) is 2.32. The Hall–Kier alpha value is -1.66. The van der Waals surface area contributed by atoms with E-state index in [0.29, 0.717) is 6.42 Å². The molecule has 0 aliphatic carbocycles. The van der Waals surface area contributed by atoms with E-state index in [4.69, 9.17) is 4.74 Å². The van der Waals surface area contributed by atoms with E-state index >= 15 is 0 Å². The van der Waals surface area contributed by atoms with Gasteiger partial charge in [-0.3, -0.25) is 0 Å². The van der Waals surface area contributed by atoms with Crippen LogP contribution in [0.1, 0.15) is 11.4 Å². The number of aromatic nitrogens is 2. The quantitative estimate of drug-likeness (QED) is 0.756. The van der Waals surface area contributed by atoms with Crippen LogP contribution in [-0.2, 0) is 6.42 Å². The smallest absolute Gasteiger partial charge is 0.202 e. The average Bonchev–Trinajstić information content (AvgIpc) is 2.87. The Kier molecular flexibility index (Phi) is 5.11. The maximum Gasteiger partial charge on any atom is 0.202 e. The second-order valence-corrected chi connectivity index (χ2v) is 4.79. The van der Waals surface area contributed by atoms with E-state index in [1.54, 1.807) is 7.11 Å². The molecule has 0 fully saturated rings. The first kappa shape index (κ1) is 13.8. The Morgan fingerprint density at radius 1 is 1.26 bits per heavy atom. The Bertz CT molecular complexity index is 515. The van der Waals surface area contributed by atoms with Gasteiger partial charge in [-0.1, -0.05) is 18.2 Å². The van der Waals surface area contributed by atoms with Gasteiger partial charge >= 0.3 is 0 Å². The molecule has 0 amide bonds. The summed E-state index contributed by atoms with van der Waals surface area (Å²) < 4.78 is 9.69. The van der Waals surface area contributed by atoms with Crippen LogP contribution in [0, 0.1) is 0 Å². The van der Waals surface area contributed by atoms with Crippen LogP contribution in [-0.4, -0.2) is 36.6 Å². The zero-order valence-electron chi connectivity index (χ0n) is 11.1. The number of ether oxygens (including phenoxy) is 1. The lowest BCUT2D eigenvalue weighted by molar-refractivity contribution is 0.410. The number of anilines is 1. The molecular formula is C13H18N4OS. The van der Waals surface area contributed by atoms with Crippen LogP contribution < -0.4 is 15.4 Å². The van der Waals surface area contributed by atoms with Gasteiger partial charge in [0.2, 0.25) is 5.13 Å². The fourth-order valence-electron chi connectivity index (χ4n) is 1.71. The molecule has 0 saturated heterocycles. The second kappa shape index (κ2) is 7.06. The number of methoxy groups -OCH3 is 1. The molecule has 0 saturated carbocycles. The molecule has 2 N–H and O–H groups in total. The van der Waals surface area contributed by atoms with Crippen LogP contribution in [0.4, 0.5) is 5.13 Å². The molecule has 6 heteroatoms. The van der Waals surface area contributed by atoms with Gasteiger partial charge in [-0.15, -0.1) is 0 Å². The normalized spacial score (nSPS) is 10.4. The van der Waals surface area contributed by atoms with Crippen molar-refractivity contribution in [3.63, 3.8) is 0 Å². The first-order valence-corrected chi connectivity index (χ1v) is 6.93. The lowest BCUT2D eigenvalue weighted by Crippen LogP contribution is -2.17. The van der Waals surface area contributed by atoms with Crippen molar-refractivity contribution in [2.45, 2.75) is 6.42 Å². The fraction of sp³-hybridized carbons (Fsp3) is 0.385. The zero-order chi connectivity index (χ0) is 13.5. The number of rotatable bonds is 7. The molecule has 19 heavy (non-hydrogen) atoms. The van der Waals surface area contributed by atoms with Crippen molar-refractivity contribution in [3.8, 4) is 5.75 Å². The summed E-state index contributed by atoms with van der Waals surface area (Å²) in [6.45, 7) is 1.75. The van der Waals surface area contributed by atoms with Crippen LogP contribution >= 0.6 is 11.5 Å². The van der Waals surface area contributed by atoms with Gasteiger partial charge in [-0.25, -0.2) is 4.98 Å². The number of likely N-dealkylation sites (N-methyl/N-ethyl adjacent to an activating group) is 1. The van der Waals surface area contributed by atoms with E-state index < -0.39 is 0 Å². The molecule has 0 aliphatic heterocycles. The Morgan fingerprint density at radius 2 is 2.11 bits per heavy atom. The SMILES string of the molecule is CNCCNc1nc(Cc2ccccc2OC)ns1. The van der Waals surface area contributed by atoms with Crippen molar-refractivity contribution >= 4 is 16.7 Å². The maximum atomic E-state index is 5.33. The summed E-state index contributed by atoms with van der Waals surface area (Å²) in [6.07, 6.45) is 0.689. The predicted octanol–water partition coefficient (Wildman–Crippen LogP) is 1.77. The molecular weight excluding hydrogens is 260 g/mol. The molecule has 1 aromatic heterocycles. The Morgan fingerprint density at radius 3 is 2.89 bits per heavy atom. The third kappa shape index (κ3) is 3.90. The van der Waals surface area contributed by atoms with E-state index in [-0.39, 0.29) is 0 Å². The molecule has 5 nitrogen and oxygen atoms in total. The van der Waals surface area contributed by atoms with E-state index in [1.165, 1.54) is 11.5 Å². The van der Waals surface area contributed by atoms with Gasteiger partial charge in [-0.2, -0.15) is 4.37 Å². The van der Waals surface area contributed by atoms with E-state index in [0.717, 1.165) is 35.4 Å². The molecule has 2 rings (SSSR count). The number of benzene rings is 1. The molecule has 1 heterocycles. The molecule has 0 aliphatic rings. The maximum absolute atomic E-state index is 5.33. The first-order valence-electron chi connectivity index (χ1n) is 6.16. The Balaban J connectivity index is 1.99. The van der Waals surface area contributed by atoms with Crippen LogP contribution in [0.2, 0.25) is 0 Å². The van der Waals surface area contributed by atoms with Crippen LogP contribution in [0.25, 0.3) is 0 Å². The summed E-state index contributed by atoms with van der Waals surface area (Å²) in [4.78, 5) is 4.47. The minimum Gasteiger partial charge on any atom is -0.496 e. The first-order chi connectivity index (χ1) is 9.33. The number of para-hydroxylation sites is 1. The summed E-state index contributed by atoms with van der Waals surface area (Å²) >= 11 is 1.39. The monoisotopic (exact) mass is 278 g/mol. The highest BCUT2D eigenvalue weighted by Crippen LogP contribution is 2.21. The van der Waals surface area contributed by atoms with Crippen molar-refractivity contribution in [1.29, 1.82) is 0 Å². The van der Waals surface area contributed by atoms with E-state index in [9.17, 15) is 0 Å². The topological polar surface area (TPSA) is 59.1 Å². The van der Waals surface area contributed by atoms with Crippen LogP contribution in [0.15, 0.2) is 24.3 Å². The number of hydrogen-bond acceptors (Lipinski definition) is 6. The third-order valence-electron chi connectivity index (χ3n) is 2.66. The van der Waals surface area contributed by atoms with Gasteiger partial charge < -0.3 is 15.4 Å². The molecule has 0 radical (unpaired) electrons. The minimum atomic E-state index is 0.689. The van der Waals surface area contributed by atoms with Gasteiger partial charge in [0, 0.05) is 36.6 Å². The molecule has 0 unspecified atom stereocenters. The van der Waals surface area contributed by atoms with E-state index in [2.05, 4.69) is 20.0 Å². The van der Waals surface area contributed by atoms with Crippen molar-refractivity contribution in [3.05, 3.63) is 35.7 Å². The summed E-state index contributed by atoms with van der Waals surface area (Å²) in [5, 5.41) is 7.17. The predicted molar refractivity (Wildman–Crippen MR) is 78.1 cm³/mol. The van der Waals surface area contributed by atoms with Gasteiger partial charge in [-0.05, 0) is 13.1 Å². The Labute approximate surface area is 117 Å². The molecule has 0 spiro atoms. The van der Waals surface area contributed by atoms with Gasteiger partial charge in [0.05, 0.1) is 7.11 Å². The van der Waals surface area contributed by atoms with Crippen molar-refractivity contribution in [2.24, 2.45) is 0 Å². The minimum absolute atomic E-state index is 0.689. The largest absolute Gasteiger partial charge is 0.496 e. The highest BCUT2D eigenvalue weighted by Gasteiger charge is 2.08. The average molecular weight is 278 g/mol. The second-order valence-electron chi connectivity index (χ2n) is 4.03. The van der Waals surface area contributed by atoms with Gasteiger partial charge in [0.1, 0.15) is 11.6 Å². The highest BCUT2D eigenvalue weighted by atomic mass is 32.1. The highest BCUT2D eigenvalue weighted by molar-refractivity contribution is 7.09. The van der Waals surface area contributed by atoms with Crippen LogP contribution in [0.3, 0.4) is 0 Å². The molecule has 102 valence electrons. The summed E-state index contributed by atoms with van der Waals surface area (Å²) in [7, 11) is 3.60. The third-order valence-corrected chi connectivity index (χ3v) is 3.37. The van der Waals surface area contributed by atoms with Crippen molar-refractivity contribution in [2.75, 3.05) is 32.6 Å². The summed E-state index contributed by atoms with van der Waals surface area (Å²) in [5.74, 6) is 1.70. The van der Waals surface area contributed by atoms with Gasteiger partial charge in [0.15, 0.2) is 0 Å². The number of nitrogens with zero attached hydrogens (tertiary/aromatic N) is 2. The molecule has 0 atom stereocenters. The van der Waals surface area contributed by atoms with Crippen LogP contribution in [0.5, 0.6) is 5.75 Å². The zero-order valence-corrected chi connectivity index (χ0v) is 12.0. The van der Waals surface area contributed by atoms with Crippen molar-refractivity contribution in [1.82, 2.24) is 14.7 Å². The lowest BCUT2D eigenvalue weighted by atomic mass is 10.1. The lowest BCUT2D eigenvalue weighted by Gasteiger charge is -2.05. The number of hydrogen-bond donors (Lipinski definition) is 2. The molecule has 2 aromatic rings.